The van der Waals surface area contributed by atoms with E-state index in [1.54, 1.807) is 26.8 Å². The van der Waals surface area contributed by atoms with Gasteiger partial charge in [0.15, 0.2) is 0 Å². The van der Waals surface area contributed by atoms with Crippen LogP contribution in [0.2, 0.25) is 0 Å². The summed E-state index contributed by atoms with van der Waals surface area (Å²) in [5.74, 6) is -0.702. The number of hydrogen-bond donors (Lipinski definition) is 1. The first-order chi connectivity index (χ1) is 8.23. The molecule has 0 bridgehead atoms. The van der Waals surface area contributed by atoms with Gasteiger partial charge in [-0.05, 0) is 32.9 Å². The topological polar surface area (TPSA) is 62.1 Å². The second kappa shape index (κ2) is 5.36. The monoisotopic (exact) mass is 314 g/mol. The van der Waals surface area contributed by atoms with Crippen LogP contribution < -0.4 is 5.32 Å². The molecule has 0 unspecified atom stereocenters. The fourth-order valence-corrected chi connectivity index (χ4v) is 1.62. The maximum absolute atomic E-state index is 13.6. The molecule has 18 heavy (non-hydrogen) atoms. The number of nitrogens with one attached hydrogen (secondary N) is 1. The minimum absolute atomic E-state index is 0.0211. The first-order valence-corrected chi connectivity index (χ1v) is 5.91. The van der Waals surface area contributed by atoms with Gasteiger partial charge in [0, 0.05) is 4.47 Å². The van der Waals surface area contributed by atoms with Gasteiger partial charge in [0.1, 0.15) is 17.5 Å². The molecule has 1 amide bonds. The molecular formula is C12H12BrFN2O2. The van der Waals surface area contributed by atoms with Crippen molar-refractivity contribution in [3.63, 3.8) is 0 Å². The lowest BCUT2D eigenvalue weighted by Crippen LogP contribution is -2.27. The SMILES string of the molecule is CC(C)(C)OC(=O)Nc1c(F)cc(Br)cc1C#N. The molecule has 1 N–H and O–H groups in total. The maximum Gasteiger partial charge on any atom is 0.412 e. The molecule has 1 aromatic rings. The Balaban J connectivity index is 2.98. The Bertz CT molecular complexity index is 518. The van der Waals surface area contributed by atoms with Crippen molar-refractivity contribution in [3.05, 3.63) is 28.0 Å². The Morgan fingerprint density at radius 2 is 2.11 bits per heavy atom. The number of anilines is 1. The van der Waals surface area contributed by atoms with Crippen molar-refractivity contribution >= 4 is 27.7 Å². The van der Waals surface area contributed by atoms with Gasteiger partial charge in [-0.2, -0.15) is 5.26 Å². The molecule has 1 aromatic carbocycles. The van der Waals surface area contributed by atoms with Crippen LogP contribution >= 0.6 is 15.9 Å². The van der Waals surface area contributed by atoms with E-state index in [0.29, 0.717) is 4.47 Å². The van der Waals surface area contributed by atoms with Crippen molar-refractivity contribution in [1.82, 2.24) is 0 Å². The van der Waals surface area contributed by atoms with Gasteiger partial charge < -0.3 is 4.74 Å². The highest BCUT2D eigenvalue weighted by atomic mass is 79.9. The number of hydrogen-bond acceptors (Lipinski definition) is 3. The Morgan fingerprint density at radius 3 is 2.61 bits per heavy atom. The lowest BCUT2D eigenvalue weighted by atomic mass is 10.2. The van der Waals surface area contributed by atoms with Gasteiger partial charge in [-0.25, -0.2) is 9.18 Å². The van der Waals surface area contributed by atoms with Crippen LogP contribution in [-0.2, 0) is 4.74 Å². The molecule has 0 saturated carbocycles. The summed E-state index contributed by atoms with van der Waals surface area (Å²) in [6.07, 6.45) is -0.805. The van der Waals surface area contributed by atoms with Gasteiger partial charge >= 0.3 is 6.09 Å². The third kappa shape index (κ3) is 4.00. The van der Waals surface area contributed by atoms with Crippen molar-refractivity contribution in [3.8, 4) is 6.07 Å². The van der Waals surface area contributed by atoms with Gasteiger partial charge in [0.2, 0.25) is 0 Å². The van der Waals surface area contributed by atoms with Crippen LogP contribution in [0, 0.1) is 17.1 Å². The highest BCUT2D eigenvalue weighted by Gasteiger charge is 2.19. The maximum atomic E-state index is 13.6. The summed E-state index contributed by atoms with van der Waals surface area (Å²) in [5, 5.41) is 11.1. The number of ether oxygens (including phenoxy) is 1. The second-order valence-electron chi connectivity index (χ2n) is 4.55. The lowest BCUT2D eigenvalue weighted by Gasteiger charge is -2.20. The molecule has 4 nitrogen and oxygen atoms in total. The third-order valence-corrected chi connectivity index (χ3v) is 2.26. The molecule has 1 rings (SSSR count). The first-order valence-electron chi connectivity index (χ1n) is 5.12. The molecule has 0 aliphatic carbocycles. The van der Waals surface area contributed by atoms with Crippen LogP contribution in [0.3, 0.4) is 0 Å². The Labute approximate surface area is 113 Å². The summed E-state index contributed by atoms with van der Waals surface area (Å²) in [6, 6.07) is 4.38. The second-order valence-corrected chi connectivity index (χ2v) is 5.46. The Hall–Kier alpha value is -1.61. The minimum atomic E-state index is -0.805. The smallest absolute Gasteiger partial charge is 0.412 e. The minimum Gasteiger partial charge on any atom is -0.444 e. The van der Waals surface area contributed by atoms with Crippen molar-refractivity contribution in [2.45, 2.75) is 26.4 Å². The highest BCUT2D eigenvalue weighted by molar-refractivity contribution is 9.10. The zero-order valence-corrected chi connectivity index (χ0v) is 11.8. The van der Waals surface area contributed by atoms with Crippen LogP contribution in [0.4, 0.5) is 14.9 Å². The average molecular weight is 315 g/mol. The van der Waals surface area contributed by atoms with Crippen LogP contribution in [-0.4, -0.2) is 11.7 Å². The average Bonchev–Trinajstić information content (AvgIpc) is 2.18. The van der Waals surface area contributed by atoms with E-state index < -0.39 is 17.5 Å². The fraction of sp³-hybridized carbons (Fsp3) is 0.333. The molecule has 0 aromatic heterocycles. The molecule has 6 heteroatoms. The predicted octanol–water partition coefficient (Wildman–Crippen LogP) is 3.81. The third-order valence-electron chi connectivity index (χ3n) is 1.80. The summed E-state index contributed by atoms with van der Waals surface area (Å²) in [6.45, 7) is 5.07. The number of carbonyl (C=O) groups excluding carboxylic acids is 1. The summed E-state index contributed by atoms with van der Waals surface area (Å²) in [4.78, 5) is 11.5. The molecule has 0 radical (unpaired) electrons. The summed E-state index contributed by atoms with van der Waals surface area (Å²) >= 11 is 3.07. The van der Waals surface area contributed by atoms with E-state index >= 15 is 0 Å². The number of nitriles is 1. The van der Waals surface area contributed by atoms with Crippen molar-refractivity contribution in [2.75, 3.05) is 5.32 Å². The van der Waals surface area contributed by atoms with E-state index in [4.69, 9.17) is 10.00 Å². The highest BCUT2D eigenvalue weighted by Crippen LogP contribution is 2.25. The zero-order chi connectivity index (χ0) is 13.9. The normalized spacial score (nSPS) is 10.7. The van der Waals surface area contributed by atoms with Crippen molar-refractivity contribution < 1.29 is 13.9 Å². The van der Waals surface area contributed by atoms with E-state index in [1.807, 2.05) is 0 Å². The Kier molecular flexibility index (Phi) is 4.30. The molecule has 96 valence electrons. The zero-order valence-electron chi connectivity index (χ0n) is 10.2. The van der Waals surface area contributed by atoms with Gasteiger partial charge in [-0.15, -0.1) is 0 Å². The first kappa shape index (κ1) is 14.5. The van der Waals surface area contributed by atoms with Gasteiger partial charge in [0.05, 0.1) is 11.3 Å². The quantitative estimate of drug-likeness (QED) is 0.857. The van der Waals surface area contributed by atoms with Crippen LogP contribution in [0.25, 0.3) is 0 Å². The van der Waals surface area contributed by atoms with Gasteiger partial charge in [-0.3, -0.25) is 5.32 Å². The fourth-order valence-electron chi connectivity index (χ4n) is 1.19. The largest absolute Gasteiger partial charge is 0.444 e. The standard InChI is InChI=1S/C12H12BrFN2O2/c1-12(2,3)18-11(17)16-10-7(6-15)4-8(13)5-9(10)14/h4-5H,1-3H3,(H,16,17). The van der Waals surface area contributed by atoms with E-state index in [0.717, 1.165) is 6.07 Å². The molecular weight excluding hydrogens is 303 g/mol. The molecule has 0 aliphatic rings. The Morgan fingerprint density at radius 1 is 1.50 bits per heavy atom. The van der Waals surface area contributed by atoms with E-state index in [-0.39, 0.29) is 11.3 Å². The number of halogens is 2. The lowest BCUT2D eigenvalue weighted by molar-refractivity contribution is 0.0635. The van der Waals surface area contributed by atoms with E-state index in [1.165, 1.54) is 6.07 Å². The number of carbonyl (C=O) groups is 1. The summed E-state index contributed by atoms with van der Waals surface area (Å²) in [5.41, 5.74) is -0.856. The number of nitrogens with zero attached hydrogens (tertiary/aromatic N) is 1. The molecule has 0 aliphatic heterocycles. The van der Waals surface area contributed by atoms with Crippen molar-refractivity contribution in [2.24, 2.45) is 0 Å². The van der Waals surface area contributed by atoms with Crippen LogP contribution in [0.1, 0.15) is 26.3 Å². The summed E-state index contributed by atoms with van der Waals surface area (Å²) in [7, 11) is 0. The number of amides is 1. The van der Waals surface area contributed by atoms with Crippen LogP contribution in [0.15, 0.2) is 16.6 Å². The summed E-state index contributed by atoms with van der Waals surface area (Å²) < 4.78 is 19.1. The van der Waals surface area contributed by atoms with Gasteiger partial charge in [0.25, 0.3) is 0 Å². The van der Waals surface area contributed by atoms with Crippen molar-refractivity contribution in [1.29, 1.82) is 5.26 Å². The molecule has 0 heterocycles. The van der Waals surface area contributed by atoms with E-state index in [2.05, 4.69) is 21.2 Å². The molecule has 0 fully saturated rings. The molecule has 0 atom stereocenters. The number of benzene rings is 1. The number of rotatable bonds is 1. The van der Waals surface area contributed by atoms with Gasteiger partial charge in [-0.1, -0.05) is 15.9 Å². The molecule has 0 saturated heterocycles. The van der Waals surface area contributed by atoms with Crippen LogP contribution in [0.5, 0.6) is 0 Å². The van der Waals surface area contributed by atoms with E-state index in [9.17, 15) is 9.18 Å². The predicted molar refractivity (Wildman–Crippen MR) is 68.7 cm³/mol. The molecule has 0 spiro atoms.